The van der Waals surface area contributed by atoms with Crippen LogP contribution in [0.3, 0.4) is 0 Å². The van der Waals surface area contributed by atoms with Crippen molar-refractivity contribution in [2.75, 3.05) is 13.2 Å². The van der Waals surface area contributed by atoms with Crippen LogP contribution in [0.5, 0.6) is 11.5 Å². The highest BCUT2D eigenvalue weighted by atomic mass is 32.2. The van der Waals surface area contributed by atoms with Crippen LogP contribution in [0.2, 0.25) is 0 Å². The Morgan fingerprint density at radius 3 is 2.45 bits per heavy atom. The predicted octanol–water partition coefficient (Wildman–Crippen LogP) is 3.82. The van der Waals surface area contributed by atoms with Crippen LogP contribution < -0.4 is 14.8 Å². The third-order valence-corrected chi connectivity index (χ3v) is 6.67. The van der Waals surface area contributed by atoms with Gasteiger partial charge < -0.3 is 19.2 Å². The molecule has 1 amide bonds. The fourth-order valence-electron chi connectivity index (χ4n) is 3.27. The van der Waals surface area contributed by atoms with Crippen molar-refractivity contribution in [2.45, 2.75) is 30.5 Å². The van der Waals surface area contributed by atoms with E-state index in [9.17, 15) is 13.2 Å². The van der Waals surface area contributed by atoms with Crippen LogP contribution in [0.4, 0.5) is 0 Å². The minimum Gasteiger partial charge on any atom is -0.486 e. The summed E-state index contributed by atoms with van der Waals surface area (Å²) in [6.07, 6.45) is 0. The SMILES string of the molecule is Cc1ccc(S(=O)(=O)Cc2ccc(C(=O)NC(C)c3ccc4c(c3)OCCO4)o2)cc1. The second-order valence-corrected chi connectivity index (χ2v) is 9.43. The lowest BCUT2D eigenvalue weighted by molar-refractivity contribution is 0.0910. The Morgan fingerprint density at radius 1 is 1.00 bits per heavy atom. The Bertz CT molecular complexity index is 1200. The van der Waals surface area contributed by atoms with Gasteiger partial charge in [0.05, 0.1) is 10.9 Å². The third kappa shape index (κ3) is 4.74. The zero-order valence-corrected chi connectivity index (χ0v) is 18.1. The summed E-state index contributed by atoms with van der Waals surface area (Å²) in [6.45, 7) is 4.73. The Kier molecular flexibility index (Phi) is 5.73. The quantitative estimate of drug-likeness (QED) is 0.625. The molecule has 0 radical (unpaired) electrons. The van der Waals surface area contributed by atoms with Gasteiger partial charge in [-0.05, 0) is 55.8 Å². The van der Waals surface area contributed by atoms with E-state index in [0.29, 0.717) is 24.7 Å². The van der Waals surface area contributed by atoms with E-state index < -0.39 is 15.7 Å². The third-order valence-electron chi connectivity index (χ3n) is 5.01. The molecule has 1 aromatic heterocycles. The number of benzene rings is 2. The van der Waals surface area contributed by atoms with Gasteiger partial charge in [0, 0.05) is 0 Å². The minimum atomic E-state index is -3.57. The van der Waals surface area contributed by atoms with Crippen molar-refractivity contribution in [3.63, 3.8) is 0 Å². The van der Waals surface area contributed by atoms with Crippen LogP contribution in [0.15, 0.2) is 63.9 Å². The van der Waals surface area contributed by atoms with Crippen molar-refractivity contribution < 1.29 is 27.1 Å². The lowest BCUT2D eigenvalue weighted by atomic mass is 10.1. The smallest absolute Gasteiger partial charge is 0.287 e. The van der Waals surface area contributed by atoms with Crippen LogP contribution in [-0.4, -0.2) is 27.5 Å². The fraction of sp³-hybridized carbons (Fsp3) is 0.261. The molecule has 1 atom stereocenters. The van der Waals surface area contributed by atoms with Gasteiger partial charge in [-0.2, -0.15) is 0 Å². The molecule has 1 aliphatic rings. The van der Waals surface area contributed by atoms with E-state index >= 15 is 0 Å². The molecule has 2 heterocycles. The summed E-state index contributed by atoms with van der Waals surface area (Å²) in [4.78, 5) is 12.8. The lowest BCUT2D eigenvalue weighted by Crippen LogP contribution is -2.26. The Labute approximate surface area is 180 Å². The van der Waals surface area contributed by atoms with Crippen molar-refractivity contribution in [1.82, 2.24) is 5.32 Å². The Morgan fingerprint density at radius 2 is 1.71 bits per heavy atom. The standard InChI is InChI=1S/C23H23NO6S/c1-15-3-7-19(8-4-15)31(26,27)14-18-6-10-21(30-18)23(25)24-16(2)17-5-9-20-22(13-17)29-12-11-28-20/h3-10,13,16H,11-12,14H2,1-2H3,(H,24,25). The van der Waals surface area contributed by atoms with Gasteiger partial charge in [0.2, 0.25) is 0 Å². The van der Waals surface area contributed by atoms with E-state index in [2.05, 4.69) is 5.32 Å². The van der Waals surface area contributed by atoms with E-state index in [0.717, 1.165) is 11.1 Å². The minimum absolute atomic E-state index is 0.0542. The highest BCUT2D eigenvalue weighted by Gasteiger charge is 2.21. The maximum atomic E-state index is 12.6. The van der Waals surface area contributed by atoms with Gasteiger partial charge in [-0.3, -0.25) is 4.79 Å². The van der Waals surface area contributed by atoms with Crippen LogP contribution in [0.25, 0.3) is 0 Å². The van der Waals surface area contributed by atoms with Gasteiger partial charge in [0.1, 0.15) is 24.7 Å². The monoisotopic (exact) mass is 441 g/mol. The zero-order valence-electron chi connectivity index (χ0n) is 17.3. The maximum Gasteiger partial charge on any atom is 0.287 e. The zero-order chi connectivity index (χ0) is 22.0. The number of ether oxygens (including phenoxy) is 2. The van der Waals surface area contributed by atoms with Crippen LogP contribution in [0, 0.1) is 6.92 Å². The largest absolute Gasteiger partial charge is 0.486 e. The average Bonchev–Trinajstić information content (AvgIpc) is 3.21. The first-order valence-corrected chi connectivity index (χ1v) is 11.6. The second-order valence-electron chi connectivity index (χ2n) is 7.44. The van der Waals surface area contributed by atoms with Crippen molar-refractivity contribution in [3.05, 3.63) is 77.2 Å². The van der Waals surface area contributed by atoms with Gasteiger partial charge in [0.15, 0.2) is 27.1 Å². The van der Waals surface area contributed by atoms with E-state index in [4.69, 9.17) is 13.9 Å². The number of fused-ring (bicyclic) bond motifs is 1. The number of furan rings is 1. The van der Waals surface area contributed by atoms with Crippen molar-refractivity contribution >= 4 is 15.7 Å². The number of nitrogens with one attached hydrogen (secondary N) is 1. The van der Waals surface area contributed by atoms with E-state index in [1.54, 1.807) is 24.3 Å². The molecule has 0 saturated heterocycles. The van der Waals surface area contributed by atoms with Crippen molar-refractivity contribution in [1.29, 1.82) is 0 Å². The summed E-state index contributed by atoms with van der Waals surface area (Å²) in [7, 11) is -3.57. The molecule has 1 aliphatic heterocycles. The number of hydrogen-bond donors (Lipinski definition) is 1. The number of hydrogen-bond acceptors (Lipinski definition) is 6. The van der Waals surface area contributed by atoms with Crippen molar-refractivity contribution in [2.24, 2.45) is 0 Å². The van der Waals surface area contributed by atoms with Gasteiger partial charge in [0.25, 0.3) is 5.91 Å². The molecule has 162 valence electrons. The van der Waals surface area contributed by atoms with Crippen LogP contribution in [-0.2, 0) is 15.6 Å². The summed E-state index contributed by atoms with van der Waals surface area (Å²) in [5, 5.41) is 2.85. The molecule has 0 spiro atoms. The molecule has 0 bridgehead atoms. The fourth-order valence-corrected chi connectivity index (χ4v) is 4.52. The van der Waals surface area contributed by atoms with Gasteiger partial charge in [-0.15, -0.1) is 0 Å². The molecule has 8 heteroatoms. The lowest BCUT2D eigenvalue weighted by Gasteiger charge is -2.21. The highest BCUT2D eigenvalue weighted by molar-refractivity contribution is 7.90. The summed E-state index contributed by atoms with van der Waals surface area (Å²) in [5.74, 6) is 0.837. The van der Waals surface area contributed by atoms with Gasteiger partial charge >= 0.3 is 0 Å². The van der Waals surface area contributed by atoms with Crippen molar-refractivity contribution in [3.8, 4) is 11.5 Å². The summed E-state index contributed by atoms with van der Waals surface area (Å²) in [6, 6.07) is 14.8. The molecule has 0 aliphatic carbocycles. The highest BCUT2D eigenvalue weighted by Crippen LogP contribution is 2.32. The van der Waals surface area contributed by atoms with Gasteiger partial charge in [-0.1, -0.05) is 23.8 Å². The molecular formula is C23H23NO6S. The molecule has 0 saturated carbocycles. The second kappa shape index (κ2) is 8.47. The number of sulfone groups is 1. The molecule has 4 rings (SSSR count). The normalized spacial score (nSPS) is 14.1. The Balaban J connectivity index is 1.42. The molecular weight excluding hydrogens is 418 g/mol. The Hall–Kier alpha value is -3.26. The van der Waals surface area contributed by atoms with Gasteiger partial charge in [-0.25, -0.2) is 8.42 Å². The molecule has 31 heavy (non-hydrogen) atoms. The average molecular weight is 442 g/mol. The first-order valence-electron chi connectivity index (χ1n) is 9.90. The first-order chi connectivity index (χ1) is 14.8. The molecule has 1 unspecified atom stereocenters. The number of amides is 1. The van der Waals surface area contributed by atoms with E-state index in [1.165, 1.54) is 12.1 Å². The molecule has 0 fully saturated rings. The predicted molar refractivity (Wildman–Crippen MR) is 114 cm³/mol. The summed E-state index contributed by atoms with van der Waals surface area (Å²) < 4.78 is 41.8. The number of aryl methyl sites for hydroxylation is 1. The summed E-state index contributed by atoms with van der Waals surface area (Å²) >= 11 is 0. The van der Waals surface area contributed by atoms with Crippen LogP contribution in [0.1, 0.15) is 40.4 Å². The molecule has 3 aromatic rings. The number of carbonyl (C=O) groups excluding carboxylic acids is 1. The first kappa shape index (κ1) is 21.0. The number of carbonyl (C=O) groups is 1. The molecule has 1 N–H and O–H groups in total. The summed E-state index contributed by atoms with van der Waals surface area (Å²) in [5.41, 5.74) is 1.83. The molecule has 7 nitrogen and oxygen atoms in total. The topological polar surface area (TPSA) is 94.8 Å². The number of rotatable bonds is 6. The molecule has 2 aromatic carbocycles. The van der Waals surface area contributed by atoms with Crippen LogP contribution >= 0.6 is 0 Å². The maximum absolute atomic E-state index is 12.6. The van der Waals surface area contributed by atoms with E-state index in [1.807, 2.05) is 32.0 Å². The van der Waals surface area contributed by atoms with E-state index in [-0.39, 0.29) is 28.2 Å².